The molecule has 2 N–H and O–H groups in total. The number of nitriles is 1. The van der Waals surface area contributed by atoms with Gasteiger partial charge in [-0.05, 0) is 63.1 Å². The van der Waals surface area contributed by atoms with Crippen LogP contribution in [0.2, 0.25) is 0 Å². The predicted octanol–water partition coefficient (Wildman–Crippen LogP) is 3.59. The molecule has 2 aromatic heterocycles. The first-order chi connectivity index (χ1) is 15.8. The molecule has 168 valence electrons. The molecule has 0 aliphatic carbocycles. The molecule has 1 saturated heterocycles. The molecule has 33 heavy (non-hydrogen) atoms. The molecular weight excluding hydrogens is 423 g/mol. The summed E-state index contributed by atoms with van der Waals surface area (Å²) in [4.78, 5) is 30.9. The van der Waals surface area contributed by atoms with E-state index in [9.17, 15) is 14.0 Å². The Labute approximate surface area is 190 Å². The van der Waals surface area contributed by atoms with Crippen LogP contribution in [0.1, 0.15) is 40.7 Å². The van der Waals surface area contributed by atoms with E-state index in [1.165, 1.54) is 12.1 Å². The van der Waals surface area contributed by atoms with Gasteiger partial charge in [-0.15, -0.1) is 0 Å². The van der Waals surface area contributed by atoms with Crippen LogP contribution in [0.4, 0.5) is 10.1 Å². The summed E-state index contributed by atoms with van der Waals surface area (Å²) >= 11 is 0. The van der Waals surface area contributed by atoms with Crippen LogP contribution in [0.25, 0.3) is 11.3 Å². The molecule has 9 heteroatoms. The number of nitrogens with one attached hydrogen (secondary N) is 2. The van der Waals surface area contributed by atoms with E-state index in [0.29, 0.717) is 24.3 Å². The second-order valence-corrected chi connectivity index (χ2v) is 8.20. The van der Waals surface area contributed by atoms with Crippen LogP contribution in [0.3, 0.4) is 0 Å². The van der Waals surface area contributed by atoms with Crippen molar-refractivity contribution in [2.24, 2.45) is 5.92 Å². The number of nitrogens with zero attached hydrogens (tertiary/aromatic N) is 4. The lowest BCUT2D eigenvalue weighted by atomic mass is 10.0. The maximum absolute atomic E-state index is 13.5. The number of amides is 2. The minimum Gasteiger partial charge on any atom is -0.350 e. The minimum atomic E-state index is -0.639. The molecule has 0 spiro atoms. The number of anilines is 1. The number of benzene rings is 1. The van der Waals surface area contributed by atoms with Crippen molar-refractivity contribution in [3.63, 3.8) is 0 Å². The van der Waals surface area contributed by atoms with Gasteiger partial charge in [0.1, 0.15) is 17.6 Å². The largest absolute Gasteiger partial charge is 0.350 e. The Balaban J connectivity index is 1.47. The highest BCUT2D eigenvalue weighted by molar-refractivity contribution is 5.97. The van der Waals surface area contributed by atoms with Crippen molar-refractivity contribution in [1.29, 1.82) is 5.26 Å². The summed E-state index contributed by atoms with van der Waals surface area (Å²) in [6.07, 6.45) is 2.18. The van der Waals surface area contributed by atoms with Crippen LogP contribution >= 0.6 is 0 Å². The molecule has 1 fully saturated rings. The van der Waals surface area contributed by atoms with Crippen molar-refractivity contribution >= 4 is 17.5 Å². The number of hydrogen-bond donors (Lipinski definition) is 2. The Hall–Kier alpha value is -4.06. The number of H-pyrrole nitrogens is 1. The zero-order valence-corrected chi connectivity index (χ0v) is 18.5. The number of hydrogen-bond acceptors (Lipinski definition) is 5. The molecule has 1 aliphatic rings. The topological polar surface area (TPSA) is 115 Å². The minimum absolute atomic E-state index is 0.138. The number of likely N-dealkylation sites (tertiary alicyclic amines) is 1. The highest BCUT2D eigenvalue weighted by Gasteiger charge is 2.38. The van der Waals surface area contributed by atoms with E-state index < -0.39 is 11.7 Å². The van der Waals surface area contributed by atoms with E-state index in [1.807, 2.05) is 26.8 Å². The number of halogens is 1. The maximum Gasteiger partial charge on any atom is 0.270 e. The molecule has 3 heterocycles. The van der Waals surface area contributed by atoms with Crippen LogP contribution in [0, 0.1) is 36.9 Å². The van der Waals surface area contributed by atoms with E-state index in [2.05, 4.69) is 20.5 Å². The van der Waals surface area contributed by atoms with Gasteiger partial charge in [-0.25, -0.2) is 4.39 Å². The average Bonchev–Trinajstić information content (AvgIpc) is 3.42. The molecule has 0 bridgehead atoms. The van der Waals surface area contributed by atoms with Crippen LogP contribution in [0.15, 0.2) is 36.5 Å². The van der Waals surface area contributed by atoms with Gasteiger partial charge in [0.15, 0.2) is 0 Å². The molecule has 0 radical (unpaired) electrons. The summed E-state index contributed by atoms with van der Waals surface area (Å²) in [7, 11) is 0. The van der Waals surface area contributed by atoms with E-state index in [1.54, 1.807) is 23.2 Å². The molecule has 3 aromatic rings. The third-order valence-corrected chi connectivity index (χ3v) is 6.11. The Morgan fingerprint density at radius 2 is 2.06 bits per heavy atom. The maximum atomic E-state index is 13.5. The van der Waals surface area contributed by atoms with Crippen molar-refractivity contribution in [3.8, 4) is 17.3 Å². The number of rotatable bonds is 4. The third-order valence-electron chi connectivity index (χ3n) is 6.11. The van der Waals surface area contributed by atoms with Gasteiger partial charge >= 0.3 is 0 Å². The molecule has 8 nitrogen and oxygen atoms in total. The van der Waals surface area contributed by atoms with Crippen LogP contribution in [-0.4, -0.2) is 44.5 Å². The second-order valence-electron chi connectivity index (χ2n) is 8.20. The molecular formula is C24H23FN6O2. The van der Waals surface area contributed by atoms with Crippen molar-refractivity contribution in [3.05, 3.63) is 64.9 Å². The van der Waals surface area contributed by atoms with Gasteiger partial charge in [-0.1, -0.05) is 0 Å². The van der Waals surface area contributed by atoms with Gasteiger partial charge in [-0.3, -0.25) is 9.59 Å². The Morgan fingerprint density at radius 1 is 1.27 bits per heavy atom. The number of carbonyl (C=O) groups excluding carboxylic acids is 2. The van der Waals surface area contributed by atoms with Crippen LogP contribution in [0.5, 0.6) is 0 Å². The Morgan fingerprint density at radius 3 is 2.79 bits per heavy atom. The zero-order valence-electron chi connectivity index (χ0n) is 18.5. The van der Waals surface area contributed by atoms with Gasteiger partial charge in [0, 0.05) is 29.5 Å². The summed E-state index contributed by atoms with van der Waals surface area (Å²) in [5, 5.41) is 19.8. The number of aromatic amines is 1. The SMILES string of the molecule is Cc1cnnc(C)c1-c1ccc(C(=O)N2CC[C@H](C(=O)Nc3ccc(F)c(C#N)c3)[C@@H]2C)[nH]1. The van der Waals surface area contributed by atoms with Gasteiger partial charge < -0.3 is 15.2 Å². The summed E-state index contributed by atoms with van der Waals surface area (Å²) in [6, 6.07) is 8.87. The molecule has 0 saturated carbocycles. The van der Waals surface area contributed by atoms with Crippen LogP contribution < -0.4 is 5.32 Å². The normalized spacial score (nSPS) is 17.6. The van der Waals surface area contributed by atoms with Gasteiger partial charge in [-0.2, -0.15) is 15.5 Å². The number of aryl methyl sites for hydroxylation is 2. The third kappa shape index (κ3) is 4.20. The second kappa shape index (κ2) is 8.82. The molecule has 2 amide bonds. The molecule has 1 aromatic carbocycles. The van der Waals surface area contributed by atoms with Crippen LogP contribution in [-0.2, 0) is 4.79 Å². The highest BCUT2D eigenvalue weighted by atomic mass is 19.1. The average molecular weight is 446 g/mol. The summed E-state index contributed by atoms with van der Waals surface area (Å²) in [5.41, 5.74) is 4.06. The smallest absolute Gasteiger partial charge is 0.270 e. The monoisotopic (exact) mass is 446 g/mol. The van der Waals surface area contributed by atoms with Gasteiger partial charge in [0.25, 0.3) is 5.91 Å². The van der Waals surface area contributed by atoms with Crippen molar-refractivity contribution in [2.45, 2.75) is 33.2 Å². The molecule has 4 rings (SSSR count). The van der Waals surface area contributed by atoms with Gasteiger partial charge in [0.2, 0.25) is 5.91 Å². The number of carbonyl (C=O) groups is 2. The standard InChI is InChI=1S/C24H23FN6O2/c1-13-12-27-30-14(2)22(13)20-6-7-21(29-20)24(33)31-9-8-18(15(31)3)23(32)28-17-4-5-19(25)16(10-17)11-26/h4-7,10,12,15,18,29H,8-9H2,1-3H3,(H,28,32)/t15-,18-/m0/s1. The molecule has 1 aliphatic heterocycles. The Kier molecular flexibility index (Phi) is 5.92. The lowest BCUT2D eigenvalue weighted by Crippen LogP contribution is -2.39. The summed E-state index contributed by atoms with van der Waals surface area (Å²) in [5.74, 6) is -1.52. The predicted molar refractivity (Wildman–Crippen MR) is 120 cm³/mol. The quantitative estimate of drug-likeness (QED) is 0.636. The van der Waals surface area contributed by atoms with E-state index in [0.717, 1.165) is 28.6 Å². The first kappa shape index (κ1) is 22.1. The van der Waals surface area contributed by atoms with Crippen molar-refractivity contribution < 1.29 is 14.0 Å². The van der Waals surface area contributed by atoms with E-state index >= 15 is 0 Å². The van der Waals surface area contributed by atoms with Crippen molar-refractivity contribution in [2.75, 3.05) is 11.9 Å². The zero-order chi connectivity index (χ0) is 23.7. The summed E-state index contributed by atoms with van der Waals surface area (Å²) < 4.78 is 13.5. The Bertz CT molecular complexity index is 1260. The molecule has 0 unspecified atom stereocenters. The number of aromatic nitrogens is 3. The fraction of sp³-hybridized carbons (Fsp3) is 0.292. The lowest BCUT2D eigenvalue weighted by molar-refractivity contribution is -0.120. The van der Waals surface area contributed by atoms with E-state index in [4.69, 9.17) is 5.26 Å². The molecule has 2 atom stereocenters. The first-order valence-corrected chi connectivity index (χ1v) is 10.6. The summed E-state index contributed by atoms with van der Waals surface area (Å²) in [6.45, 7) is 6.08. The fourth-order valence-corrected chi connectivity index (χ4v) is 4.33. The van der Waals surface area contributed by atoms with E-state index in [-0.39, 0.29) is 23.4 Å². The van der Waals surface area contributed by atoms with Crippen molar-refractivity contribution in [1.82, 2.24) is 20.1 Å². The lowest BCUT2D eigenvalue weighted by Gasteiger charge is -2.24. The fourth-order valence-electron chi connectivity index (χ4n) is 4.33. The highest BCUT2D eigenvalue weighted by Crippen LogP contribution is 2.29. The van der Waals surface area contributed by atoms with Gasteiger partial charge in [0.05, 0.1) is 23.4 Å². The first-order valence-electron chi connectivity index (χ1n) is 10.6.